The highest BCUT2D eigenvalue weighted by molar-refractivity contribution is 5.73. The molecule has 0 radical (unpaired) electrons. The molecule has 3 aromatic rings. The molecule has 10 heteroatoms. The molecule has 1 saturated carbocycles. The first kappa shape index (κ1) is 24.7. The van der Waals surface area contributed by atoms with Crippen LogP contribution in [0.3, 0.4) is 0 Å². The first-order valence-corrected chi connectivity index (χ1v) is 11.4. The van der Waals surface area contributed by atoms with E-state index >= 15 is 0 Å². The third-order valence-corrected chi connectivity index (χ3v) is 6.57. The molecular formula is C25H28F3N5O2. The van der Waals surface area contributed by atoms with Crippen molar-refractivity contribution < 1.29 is 22.7 Å². The molecule has 2 heterocycles. The molecule has 186 valence electrons. The van der Waals surface area contributed by atoms with Gasteiger partial charge >= 0.3 is 12.1 Å². The van der Waals surface area contributed by atoms with Gasteiger partial charge in [0.25, 0.3) is 0 Å². The van der Waals surface area contributed by atoms with E-state index in [9.17, 15) is 18.0 Å². The van der Waals surface area contributed by atoms with Crippen LogP contribution in [0.5, 0.6) is 0 Å². The highest BCUT2D eigenvalue weighted by Crippen LogP contribution is 2.45. The summed E-state index contributed by atoms with van der Waals surface area (Å²) in [5.41, 5.74) is 2.03. The molecule has 1 aliphatic carbocycles. The number of aromatic nitrogens is 4. The van der Waals surface area contributed by atoms with E-state index in [1.54, 1.807) is 6.20 Å². The predicted molar refractivity (Wildman–Crippen MR) is 125 cm³/mol. The molecule has 2 aromatic heterocycles. The lowest BCUT2D eigenvalue weighted by atomic mass is 9.67. The molecule has 1 fully saturated rings. The molecular weight excluding hydrogens is 459 g/mol. The Morgan fingerprint density at radius 3 is 2.66 bits per heavy atom. The Balaban J connectivity index is 1.54. The summed E-state index contributed by atoms with van der Waals surface area (Å²) >= 11 is 0. The number of nitrogens with zero attached hydrogens (tertiary/aromatic N) is 4. The molecule has 2 atom stereocenters. The summed E-state index contributed by atoms with van der Waals surface area (Å²) in [6, 6.07) is 6.61. The number of aryl methyl sites for hydroxylation is 1. The van der Waals surface area contributed by atoms with Crippen molar-refractivity contribution >= 4 is 17.6 Å². The average Bonchev–Trinajstić information content (AvgIpc) is 3.28. The van der Waals surface area contributed by atoms with Crippen LogP contribution in [-0.2, 0) is 15.7 Å². The summed E-state index contributed by atoms with van der Waals surface area (Å²) in [5, 5.41) is 7.46. The number of benzene rings is 1. The van der Waals surface area contributed by atoms with Crippen molar-refractivity contribution in [3.8, 4) is 11.1 Å². The largest absolute Gasteiger partial charge is 0.469 e. The van der Waals surface area contributed by atoms with Crippen LogP contribution >= 0.6 is 0 Å². The molecule has 1 aromatic carbocycles. The van der Waals surface area contributed by atoms with Crippen LogP contribution in [-0.4, -0.2) is 32.8 Å². The first-order chi connectivity index (χ1) is 16.5. The number of rotatable bonds is 5. The summed E-state index contributed by atoms with van der Waals surface area (Å²) in [4.78, 5) is 19.7. The molecule has 35 heavy (non-hydrogen) atoms. The van der Waals surface area contributed by atoms with Crippen molar-refractivity contribution in [3.63, 3.8) is 0 Å². The molecule has 0 aliphatic heterocycles. The second kappa shape index (κ2) is 9.31. The SMILES string of the molecule is COC(=O)C1CCC(n2cc(-c3cc(C)cc(Nc4nccc(C(F)(F)F)n4)c3)cn2)CC1(C)C. The summed E-state index contributed by atoms with van der Waals surface area (Å²) < 4.78 is 45.9. The van der Waals surface area contributed by atoms with Crippen molar-refractivity contribution in [2.45, 2.75) is 52.3 Å². The fourth-order valence-electron chi connectivity index (χ4n) is 4.82. The average molecular weight is 488 g/mol. The van der Waals surface area contributed by atoms with Gasteiger partial charge in [-0.1, -0.05) is 19.9 Å². The highest BCUT2D eigenvalue weighted by atomic mass is 19.4. The number of methoxy groups -OCH3 is 1. The number of anilines is 2. The van der Waals surface area contributed by atoms with Gasteiger partial charge < -0.3 is 10.1 Å². The second-order valence-electron chi connectivity index (χ2n) is 9.68. The fourth-order valence-corrected chi connectivity index (χ4v) is 4.82. The lowest BCUT2D eigenvalue weighted by Crippen LogP contribution is -2.38. The Hall–Kier alpha value is -3.43. The van der Waals surface area contributed by atoms with Crippen LogP contribution in [0.4, 0.5) is 24.8 Å². The monoisotopic (exact) mass is 487 g/mol. The molecule has 0 saturated heterocycles. The zero-order valence-electron chi connectivity index (χ0n) is 20.1. The number of hydrogen-bond donors (Lipinski definition) is 1. The molecule has 1 aliphatic rings. The summed E-state index contributed by atoms with van der Waals surface area (Å²) in [7, 11) is 1.42. The molecule has 0 spiro atoms. The molecule has 2 unspecified atom stereocenters. The van der Waals surface area contributed by atoms with E-state index in [-0.39, 0.29) is 29.3 Å². The summed E-state index contributed by atoms with van der Waals surface area (Å²) in [6.07, 6.45) is 2.62. The number of esters is 1. The van der Waals surface area contributed by atoms with Gasteiger partial charge in [0, 0.05) is 23.6 Å². The third kappa shape index (κ3) is 5.47. The zero-order valence-corrected chi connectivity index (χ0v) is 20.1. The van der Waals surface area contributed by atoms with Gasteiger partial charge in [0.15, 0.2) is 0 Å². The Morgan fingerprint density at radius 2 is 1.97 bits per heavy atom. The number of ether oxygens (including phenoxy) is 1. The summed E-state index contributed by atoms with van der Waals surface area (Å²) in [5.74, 6) is -0.432. The number of carbonyl (C=O) groups is 1. The number of halogens is 3. The fraction of sp³-hybridized carbons (Fsp3) is 0.440. The van der Waals surface area contributed by atoms with Crippen LogP contribution in [0.1, 0.15) is 50.4 Å². The number of hydrogen-bond acceptors (Lipinski definition) is 6. The van der Waals surface area contributed by atoms with Gasteiger partial charge in [-0.05, 0) is 60.9 Å². The summed E-state index contributed by atoms with van der Waals surface area (Å²) in [6.45, 7) is 6.07. The van der Waals surface area contributed by atoms with E-state index in [0.717, 1.165) is 48.2 Å². The van der Waals surface area contributed by atoms with Crippen molar-refractivity contribution in [1.29, 1.82) is 0 Å². The highest BCUT2D eigenvalue weighted by Gasteiger charge is 2.42. The van der Waals surface area contributed by atoms with Crippen LogP contribution in [0.2, 0.25) is 0 Å². The Labute approximate surface area is 201 Å². The second-order valence-corrected chi connectivity index (χ2v) is 9.68. The van der Waals surface area contributed by atoms with Gasteiger partial charge in [-0.25, -0.2) is 9.97 Å². The maximum absolute atomic E-state index is 13.0. The van der Waals surface area contributed by atoms with Gasteiger partial charge in [0.2, 0.25) is 5.95 Å². The Bertz CT molecular complexity index is 1220. The topological polar surface area (TPSA) is 81.9 Å². The molecule has 4 rings (SSSR count). The van der Waals surface area contributed by atoms with Crippen molar-refractivity contribution in [3.05, 3.63) is 54.1 Å². The first-order valence-electron chi connectivity index (χ1n) is 11.4. The lowest BCUT2D eigenvalue weighted by molar-refractivity contribution is -0.152. The number of carbonyl (C=O) groups excluding carboxylic acids is 1. The lowest BCUT2D eigenvalue weighted by Gasteiger charge is -2.40. The van der Waals surface area contributed by atoms with Crippen LogP contribution in [0.15, 0.2) is 42.9 Å². The minimum absolute atomic E-state index is 0.128. The van der Waals surface area contributed by atoms with E-state index < -0.39 is 11.9 Å². The molecule has 1 N–H and O–H groups in total. The number of nitrogens with one attached hydrogen (secondary N) is 1. The number of alkyl halides is 3. The van der Waals surface area contributed by atoms with Crippen LogP contribution < -0.4 is 5.32 Å². The van der Waals surface area contributed by atoms with Crippen molar-refractivity contribution in [2.24, 2.45) is 11.3 Å². The zero-order chi connectivity index (χ0) is 25.4. The maximum Gasteiger partial charge on any atom is 0.433 e. The van der Waals surface area contributed by atoms with E-state index in [1.165, 1.54) is 7.11 Å². The maximum atomic E-state index is 13.0. The Kier molecular flexibility index (Phi) is 6.57. The quantitative estimate of drug-likeness (QED) is 0.448. The minimum Gasteiger partial charge on any atom is -0.469 e. The smallest absolute Gasteiger partial charge is 0.433 e. The van der Waals surface area contributed by atoms with E-state index in [1.807, 2.05) is 36.0 Å². The van der Waals surface area contributed by atoms with Crippen molar-refractivity contribution in [1.82, 2.24) is 19.7 Å². The van der Waals surface area contributed by atoms with Gasteiger partial charge in [-0.2, -0.15) is 18.3 Å². The standard InChI is InChI=1S/C25H28F3N5O2/c1-15-9-16(11-18(10-15)31-23-29-8-7-21(32-23)25(26,27)28)17-13-30-33(14-17)19-5-6-20(22(34)35-4)24(2,3)12-19/h7-11,13-14,19-20H,5-6,12H2,1-4H3,(H,29,31,32). The van der Waals surface area contributed by atoms with Gasteiger partial charge in [-0.3, -0.25) is 9.48 Å². The van der Waals surface area contributed by atoms with E-state index in [2.05, 4.69) is 34.2 Å². The Morgan fingerprint density at radius 1 is 1.20 bits per heavy atom. The van der Waals surface area contributed by atoms with E-state index in [0.29, 0.717) is 5.69 Å². The van der Waals surface area contributed by atoms with Crippen LogP contribution in [0, 0.1) is 18.3 Å². The van der Waals surface area contributed by atoms with Gasteiger partial charge in [0.1, 0.15) is 5.69 Å². The molecule has 7 nitrogen and oxygen atoms in total. The van der Waals surface area contributed by atoms with E-state index in [4.69, 9.17) is 4.74 Å². The van der Waals surface area contributed by atoms with Gasteiger partial charge in [-0.15, -0.1) is 0 Å². The molecule has 0 amide bonds. The minimum atomic E-state index is -4.55. The molecule has 0 bridgehead atoms. The van der Waals surface area contributed by atoms with Gasteiger partial charge in [0.05, 0.1) is 25.3 Å². The normalized spacial score (nSPS) is 19.9. The third-order valence-electron chi connectivity index (χ3n) is 6.57. The van der Waals surface area contributed by atoms with Crippen LogP contribution in [0.25, 0.3) is 11.1 Å². The predicted octanol–water partition coefficient (Wildman–Crippen LogP) is 5.95. The van der Waals surface area contributed by atoms with Crippen molar-refractivity contribution in [2.75, 3.05) is 12.4 Å².